The Bertz CT molecular complexity index is 293. The van der Waals surface area contributed by atoms with Gasteiger partial charge in [0.25, 0.3) is 0 Å². The molecule has 1 aromatic heterocycles. The predicted molar refractivity (Wildman–Crippen MR) is 69.7 cm³/mol. The summed E-state index contributed by atoms with van der Waals surface area (Å²) < 4.78 is 2.21. The molecule has 92 valence electrons. The second kappa shape index (κ2) is 6.56. The van der Waals surface area contributed by atoms with Crippen LogP contribution in [0.1, 0.15) is 47.0 Å². The van der Waals surface area contributed by atoms with E-state index in [1.165, 1.54) is 19.3 Å². The zero-order valence-electron chi connectivity index (χ0n) is 11.0. The van der Waals surface area contributed by atoms with Crippen molar-refractivity contribution in [2.45, 2.75) is 59.5 Å². The van der Waals surface area contributed by atoms with E-state index >= 15 is 0 Å². The fourth-order valence-electron chi connectivity index (χ4n) is 1.66. The van der Waals surface area contributed by atoms with Crippen LogP contribution in [-0.4, -0.2) is 15.6 Å². The number of nitrogens with zero attached hydrogens (tertiary/aromatic N) is 2. The Morgan fingerprint density at radius 2 is 2.12 bits per heavy atom. The van der Waals surface area contributed by atoms with Crippen molar-refractivity contribution in [3.05, 3.63) is 12.4 Å². The average Bonchev–Trinajstić information content (AvgIpc) is 2.72. The molecule has 0 bridgehead atoms. The van der Waals surface area contributed by atoms with Crippen molar-refractivity contribution in [1.82, 2.24) is 9.55 Å². The molecule has 0 aliphatic carbocycles. The van der Waals surface area contributed by atoms with E-state index in [-0.39, 0.29) is 0 Å². The summed E-state index contributed by atoms with van der Waals surface area (Å²) in [5.74, 6) is 1.69. The fourth-order valence-corrected chi connectivity index (χ4v) is 1.66. The Morgan fingerprint density at radius 1 is 1.38 bits per heavy atom. The molecule has 0 spiro atoms. The molecular weight excluding hydrogens is 198 g/mol. The maximum atomic E-state index is 4.38. The molecule has 1 N–H and O–H groups in total. The number of rotatable bonds is 7. The van der Waals surface area contributed by atoms with Gasteiger partial charge in [0.05, 0.1) is 0 Å². The summed E-state index contributed by atoms with van der Waals surface area (Å²) >= 11 is 0. The monoisotopic (exact) mass is 223 g/mol. The summed E-state index contributed by atoms with van der Waals surface area (Å²) in [6.07, 6.45) is 7.56. The summed E-state index contributed by atoms with van der Waals surface area (Å²) in [6.45, 7) is 10.0. The quantitative estimate of drug-likeness (QED) is 0.766. The lowest BCUT2D eigenvalue weighted by atomic mass is 10.0. The van der Waals surface area contributed by atoms with E-state index in [2.05, 4.69) is 48.8 Å². The topological polar surface area (TPSA) is 29.9 Å². The molecule has 0 aliphatic rings. The van der Waals surface area contributed by atoms with E-state index in [0.29, 0.717) is 12.0 Å². The number of imidazole rings is 1. The number of aryl methyl sites for hydroxylation is 1. The number of hydrogen-bond donors (Lipinski definition) is 1. The molecule has 0 aliphatic heterocycles. The third kappa shape index (κ3) is 3.54. The smallest absolute Gasteiger partial charge is 0.202 e. The van der Waals surface area contributed by atoms with E-state index < -0.39 is 0 Å². The molecule has 3 heteroatoms. The van der Waals surface area contributed by atoms with Gasteiger partial charge in [0.1, 0.15) is 0 Å². The highest BCUT2D eigenvalue weighted by Crippen LogP contribution is 2.14. The van der Waals surface area contributed by atoms with Crippen molar-refractivity contribution in [3.63, 3.8) is 0 Å². The number of anilines is 1. The number of nitrogens with one attached hydrogen (secondary N) is 1. The van der Waals surface area contributed by atoms with E-state index in [0.717, 1.165) is 12.5 Å². The van der Waals surface area contributed by atoms with Crippen LogP contribution in [0.5, 0.6) is 0 Å². The third-order valence-electron chi connectivity index (χ3n) is 3.32. The van der Waals surface area contributed by atoms with Crippen molar-refractivity contribution in [2.24, 2.45) is 5.92 Å². The summed E-state index contributed by atoms with van der Waals surface area (Å²) in [6, 6.07) is 0.479. The highest BCUT2D eigenvalue weighted by Gasteiger charge is 2.12. The van der Waals surface area contributed by atoms with Gasteiger partial charge in [-0.25, -0.2) is 4.98 Å². The summed E-state index contributed by atoms with van der Waals surface area (Å²) in [4.78, 5) is 4.38. The highest BCUT2D eigenvalue weighted by molar-refractivity contribution is 5.27. The number of aromatic nitrogens is 2. The van der Waals surface area contributed by atoms with Crippen LogP contribution in [0.15, 0.2) is 12.4 Å². The Hall–Kier alpha value is -0.990. The molecule has 2 atom stereocenters. The van der Waals surface area contributed by atoms with Gasteiger partial charge in [-0.15, -0.1) is 0 Å². The Kier molecular flexibility index (Phi) is 5.36. The lowest BCUT2D eigenvalue weighted by molar-refractivity contribution is 0.488. The largest absolute Gasteiger partial charge is 0.353 e. The molecule has 16 heavy (non-hydrogen) atoms. The first-order chi connectivity index (χ1) is 7.69. The lowest BCUT2D eigenvalue weighted by Crippen LogP contribution is -2.25. The van der Waals surface area contributed by atoms with Crippen LogP contribution in [0.4, 0.5) is 5.95 Å². The molecule has 0 aromatic carbocycles. The van der Waals surface area contributed by atoms with Crippen LogP contribution in [0.3, 0.4) is 0 Å². The minimum absolute atomic E-state index is 0.479. The van der Waals surface area contributed by atoms with Gasteiger partial charge >= 0.3 is 0 Å². The molecule has 0 amide bonds. The van der Waals surface area contributed by atoms with Crippen LogP contribution in [0.2, 0.25) is 0 Å². The predicted octanol–water partition coefficient (Wildman–Crippen LogP) is 3.53. The molecule has 2 unspecified atom stereocenters. The van der Waals surface area contributed by atoms with E-state index in [1.807, 2.05) is 6.20 Å². The second-order valence-corrected chi connectivity index (χ2v) is 4.62. The first-order valence-electron chi connectivity index (χ1n) is 6.46. The fraction of sp³-hybridized carbons (Fsp3) is 0.769. The molecule has 0 fully saturated rings. The van der Waals surface area contributed by atoms with Gasteiger partial charge in [-0.3, -0.25) is 0 Å². The second-order valence-electron chi connectivity index (χ2n) is 4.62. The maximum Gasteiger partial charge on any atom is 0.202 e. The number of unbranched alkanes of at least 4 members (excludes halogenated alkanes) is 1. The summed E-state index contributed by atoms with van der Waals surface area (Å²) in [5, 5.41) is 3.50. The van der Waals surface area contributed by atoms with Crippen molar-refractivity contribution >= 4 is 5.95 Å². The molecular formula is C13H25N3. The highest BCUT2D eigenvalue weighted by atomic mass is 15.2. The van der Waals surface area contributed by atoms with E-state index in [4.69, 9.17) is 0 Å². The minimum Gasteiger partial charge on any atom is -0.353 e. The summed E-state index contributed by atoms with van der Waals surface area (Å²) in [7, 11) is 0. The molecule has 1 heterocycles. The molecule has 3 nitrogen and oxygen atoms in total. The molecule has 0 saturated heterocycles. The van der Waals surface area contributed by atoms with Gasteiger partial charge in [0.2, 0.25) is 5.95 Å². The Balaban J connectivity index is 2.55. The maximum absolute atomic E-state index is 4.38. The van der Waals surface area contributed by atoms with Crippen LogP contribution in [0, 0.1) is 5.92 Å². The first-order valence-corrected chi connectivity index (χ1v) is 6.46. The van der Waals surface area contributed by atoms with Gasteiger partial charge < -0.3 is 9.88 Å². The van der Waals surface area contributed by atoms with Gasteiger partial charge in [0, 0.05) is 25.0 Å². The van der Waals surface area contributed by atoms with Crippen molar-refractivity contribution in [3.8, 4) is 0 Å². The van der Waals surface area contributed by atoms with Crippen LogP contribution in [-0.2, 0) is 6.54 Å². The van der Waals surface area contributed by atoms with Gasteiger partial charge in [0.15, 0.2) is 0 Å². The summed E-state index contributed by atoms with van der Waals surface area (Å²) in [5.41, 5.74) is 0. The Labute approximate surface area is 99.3 Å². The van der Waals surface area contributed by atoms with Gasteiger partial charge in [-0.05, 0) is 19.3 Å². The van der Waals surface area contributed by atoms with Crippen LogP contribution in [0.25, 0.3) is 0 Å². The van der Waals surface area contributed by atoms with Gasteiger partial charge in [-0.1, -0.05) is 33.6 Å². The van der Waals surface area contributed by atoms with Crippen molar-refractivity contribution in [1.29, 1.82) is 0 Å². The lowest BCUT2D eigenvalue weighted by Gasteiger charge is -2.21. The normalized spacial score (nSPS) is 14.8. The van der Waals surface area contributed by atoms with Crippen LogP contribution >= 0.6 is 0 Å². The van der Waals surface area contributed by atoms with E-state index in [9.17, 15) is 0 Å². The molecule has 0 radical (unpaired) electrons. The minimum atomic E-state index is 0.479. The molecule has 1 aromatic rings. The molecule has 1 rings (SSSR count). The number of hydrogen-bond acceptors (Lipinski definition) is 2. The first kappa shape index (κ1) is 13.1. The average molecular weight is 223 g/mol. The van der Waals surface area contributed by atoms with Crippen molar-refractivity contribution in [2.75, 3.05) is 5.32 Å². The zero-order chi connectivity index (χ0) is 12.0. The van der Waals surface area contributed by atoms with Crippen molar-refractivity contribution < 1.29 is 0 Å². The van der Waals surface area contributed by atoms with Gasteiger partial charge in [-0.2, -0.15) is 0 Å². The third-order valence-corrected chi connectivity index (χ3v) is 3.32. The SMILES string of the molecule is CCCCn1ccnc1NC(C)C(C)CC. The van der Waals surface area contributed by atoms with E-state index in [1.54, 1.807) is 0 Å². The zero-order valence-corrected chi connectivity index (χ0v) is 11.0. The standard InChI is InChI=1S/C13H25N3/c1-5-7-9-16-10-8-14-13(16)15-12(4)11(3)6-2/h8,10-12H,5-7,9H2,1-4H3,(H,14,15). The Morgan fingerprint density at radius 3 is 2.75 bits per heavy atom. The van der Waals surface area contributed by atoms with Crippen LogP contribution < -0.4 is 5.32 Å². The molecule has 0 saturated carbocycles.